The Morgan fingerprint density at radius 3 is 2.48 bits per heavy atom. The zero-order valence-electron chi connectivity index (χ0n) is 13.8. The minimum Gasteiger partial charge on any atom is -0.435 e. The summed E-state index contributed by atoms with van der Waals surface area (Å²) in [5, 5.41) is 3.44. The first kappa shape index (κ1) is 17.6. The average Bonchev–Trinajstić information content (AvgIpc) is 2.59. The second kappa shape index (κ2) is 8.25. The maximum atomic E-state index is 13.0. The summed E-state index contributed by atoms with van der Waals surface area (Å²) in [5.74, 6) is -0.0664. The predicted octanol–water partition coefficient (Wildman–Crippen LogP) is 4.50. The van der Waals surface area contributed by atoms with Crippen LogP contribution in [0.4, 0.5) is 18.9 Å². The minimum absolute atomic E-state index is 0.174. The van der Waals surface area contributed by atoms with Crippen LogP contribution in [0.15, 0.2) is 48.5 Å². The monoisotopic (exact) mass is 350 g/mol. The van der Waals surface area contributed by atoms with Crippen LogP contribution in [-0.2, 0) is 6.54 Å². The number of likely N-dealkylation sites (tertiary alicyclic amines) is 1. The molecule has 0 spiro atoms. The first-order valence-electron chi connectivity index (χ1n) is 8.37. The summed E-state index contributed by atoms with van der Waals surface area (Å²) in [7, 11) is 0. The number of nitrogens with zero attached hydrogens (tertiary/aromatic N) is 1. The van der Waals surface area contributed by atoms with Crippen molar-refractivity contribution in [2.45, 2.75) is 32.0 Å². The van der Waals surface area contributed by atoms with Crippen molar-refractivity contribution < 1.29 is 17.9 Å². The number of benzene rings is 2. The fraction of sp³-hybridized carbons (Fsp3) is 0.368. The molecule has 1 aliphatic rings. The van der Waals surface area contributed by atoms with E-state index >= 15 is 0 Å². The lowest BCUT2D eigenvalue weighted by molar-refractivity contribution is -0.0498. The lowest BCUT2D eigenvalue weighted by atomic mass is 10.0. The number of hydrogen-bond acceptors (Lipinski definition) is 3. The molecule has 1 heterocycles. The van der Waals surface area contributed by atoms with Crippen LogP contribution in [0.3, 0.4) is 0 Å². The molecular weight excluding hydrogens is 329 g/mol. The van der Waals surface area contributed by atoms with Gasteiger partial charge in [0.15, 0.2) is 0 Å². The van der Waals surface area contributed by atoms with Crippen LogP contribution in [-0.4, -0.2) is 30.6 Å². The second-order valence-electron chi connectivity index (χ2n) is 6.25. The molecule has 0 bridgehead atoms. The summed E-state index contributed by atoms with van der Waals surface area (Å²) in [5.41, 5.74) is 1.98. The lowest BCUT2D eigenvalue weighted by Crippen LogP contribution is -2.41. The number of ether oxygens (including phenoxy) is 1. The molecule has 3 nitrogen and oxygen atoms in total. The molecule has 2 aromatic rings. The van der Waals surface area contributed by atoms with Gasteiger partial charge in [-0.2, -0.15) is 8.78 Å². The maximum absolute atomic E-state index is 13.0. The molecular formula is C19H21F3N2O. The molecule has 0 aliphatic carbocycles. The van der Waals surface area contributed by atoms with E-state index in [0.29, 0.717) is 6.04 Å². The smallest absolute Gasteiger partial charge is 0.387 e. The predicted molar refractivity (Wildman–Crippen MR) is 91.4 cm³/mol. The van der Waals surface area contributed by atoms with Gasteiger partial charge in [-0.25, -0.2) is 4.39 Å². The van der Waals surface area contributed by atoms with E-state index in [9.17, 15) is 13.2 Å². The van der Waals surface area contributed by atoms with Crippen LogP contribution in [0.5, 0.6) is 5.75 Å². The van der Waals surface area contributed by atoms with E-state index in [0.717, 1.165) is 43.7 Å². The van der Waals surface area contributed by atoms with E-state index in [1.165, 1.54) is 12.1 Å². The molecule has 0 saturated carbocycles. The highest BCUT2D eigenvalue weighted by Crippen LogP contribution is 2.20. The summed E-state index contributed by atoms with van der Waals surface area (Å²) in [4.78, 5) is 2.33. The van der Waals surface area contributed by atoms with Gasteiger partial charge in [-0.1, -0.05) is 12.1 Å². The van der Waals surface area contributed by atoms with E-state index in [1.54, 1.807) is 24.3 Å². The highest BCUT2D eigenvalue weighted by atomic mass is 19.3. The Bertz CT molecular complexity index is 661. The van der Waals surface area contributed by atoms with E-state index in [-0.39, 0.29) is 11.6 Å². The van der Waals surface area contributed by atoms with Gasteiger partial charge in [0, 0.05) is 24.8 Å². The van der Waals surface area contributed by atoms with E-state index < -0.39 is 6.61 Å². The van der Waals surface area contributed by atoms with E-state index in [2.05, 4.69) is 15.0 Å². The van der Waals surface area contributed by atoms with Crippen molar-refractivity contribution in [3.8, 4) is 5.75 Å². The van der Waals surface area contributed by atoms with Gasteiger partial charge in [0.05, 0.1) is 0 Å². The third kappa shape index (κ3) is 5.39. The number of alkyl halides is 2. The Kier molecular flexibility index (Phi) is 5.81. The molecule has 6 heteroatoms. The van der Waals surface area contributed by atoms with Gasteiger partial charge in [-0.15, -0.1) is 0 Å². The molecule has 3 rings (SSSR count). The Morgan fingerprint density at radius 1 is 1.08 bits per heavy atom. The number of nitrogens with one attached hydrogen (secondary N) is 1. The molecule has 0 radical (unpaired) electrons. The molecule has 0 unspecified atom stereocenters. The van der Waals surface area contributed by atoms with Gasteiger partial charge in [0.25, 0.3) is 0 Å². The van der Waals surface area contributed by atoms with Crippen LogP contribution in [0, 0.1) is 5.82 Å². The average molecular weight is 350 g/mol. The maximum Gasteiger partial charge on any atom is 0.387 e. The van der Waals surface area contributed by atoms with Gasteiger partial charge in [0.2, 0.25) is 0 Å². The Labute approximate surface area is 145 Å². The molecule has 0 aromatic heterocycles. The standard InChI is InChI=1S/C19H21F3N2O/c20-15-5-7-16(8-6-15)23-17-2-1-11-24(13-17)12-14-3-9-18(10-4-14)25-19(21)22/h3-10,17,19,23H,1-2,11-13H2/t17-/m1/s1. The SMILES string of the molecule is Fc1ccc(N[C@@H]2CCCN(Cc3ccc(OC(F)F)cc3)C2)cc1. The van der Waals surface area contributed by atoms with Crippen molar-refractivity contribution in [3.63, 3.8) is 0 Å². The van der Waals surface area contributed by atoms with Gasteiger partial charge in [-0.3, -0.25) is 4.90 Å². The summed E-state index contributed by atoms with van der Waals surface area (Å²) >= 11 is 0. The number of hydrogen-bond donors (Lipinski definition) is 1. The van der Waals surface area contributed by atoms with E-state index in [1.807, 2.05) is 12.1 Å². The molecule has 1 atom stereocenters. The number of halogens is 3. The number of rotatable bonds is 6. The molecule has 1 aliphatic heterocycles. The normalized spacial score (nSPS) is 18.3. The molecule has 0 amide bonds. The summed E-state index contributed by atoms with van der Waals surface area (Å²) in [6.07, 6.45) is 2.14. The number of anilines is 1. The summed E-state index contributed by atoms with van der Waals surface area (Å²) in [6, 6.07) is 13.5. The van der Waals surface area contributed by atoms with Crippen LogP contribution < -0.4 is 10.1 Å². The Balaban J connectivity index is 1.53. The first-order chi connectivity index (χ1) is 12.1. The van der Waals surface area contributed by atoms with Crippen molar-refractivity contribution in [3.05, 3.63) is 59.9 Å². The van der Waals surface area contributed by atoms with E-state index in [4.69, 9.17) is 0 Å². The zero-order valence-corrected chi connectivity index (χ0v) is 13.8. The zero-order chi connectivity index (χ0) is 17.6. The number of piperidine rings is 1. The van der Waals surface area contributed by atoms with Gasteiger partial charge in [0.1, 0.15) is 11.6 Å². The van der Waals surface area contributed by atoms with Crippen LogP contribution in [0.25, 0.3) is 0 Å². The quantitative estimate of drug-likeness (QED) is 0.830. The van der Waals surface area contributed by atoms with Crippen molar-refractivity contribution in [2.75, 3.05) is 18.4 Å². The lowest BCUT2D eigenvalue weighted by Gasteiger charge is -2.33. The van der Waals surface area contributed by atoms with Crippen molar-refractivity contribution in [1.29, 1.82) is 0 Å². The Hall–Kier alpha value is -2.21. The molecule has 1 N–H and O–H groups in total. The molecule has 1 saturated heterocycles. The largest absolute Gasteiger partial charge is 0.435 e. The van der Waals surface area contributed by atoms with Crippen LogP contribution in [0.1, 0.15) is 18.4 Å². The minimum atomic E-state index is -2.80. The Morgan fingerprint density at radius 2 is 1.80 bits per heavy atom. The highest BCUT2D eigenvalue weighted by molar-refractivity contribution is 5.44. The molecule has 1 fully saturated rings. The van der Waals surface area contributed by atoms with Crippen molar-refractivity contribution in [1.82, 2.24) is 4.90 Å². The third-order valence-corrected chi connectivity index (χ3v) is 4.28. The highest BCUT2D eigenvalue weighted by Gasteiger charge is 2.20. The van der Waals surface area contributed by atoms with Crippen LogP contribution >= 0.6 is 0 Å². The van der Waals surface area contributed by atoms with Crippen LogP contribution in [0.2, 0.25) is 0 Å². The van der Waals surface area contributed by atoms with Gasteiger partial charge >= 0.3 is 6.61 Å². The third-order valence-electron chi connectivity index (χ3n) is 4.28. The second-order valence-corrected chi connectivity index (χ2v) is 6.25. The van der Waals surface area contributed by atoms with Crippen molar-refractivity contribution >= 4 is 5.69 Å². The van der Waals surface area contributed by atoms with Crippen molar-refractivity contribution in [2.24, 2.45) is 0 Å². The van der Waals surface area contributed by atoms with Gasteiger partial charge in [-0.05, 0) is 61.3 Å². The molecule has 2 aromatic carbocycles. The molecule has 25 heavy (non-hydrogen) atoms. The fourth-order valence-electron chi connectivity index (χ4n) is 3.13. The van der Waals surface area contributed by atoms with Gasteiger partial charge < -0.3 is 10.1 Å². The first-order valence-corrected chi connectivity index (χ1v) is 8.37. The summed E-state index contributed by atoms with van der Waals surface area (Å²) in [6.45, 7) is -0.161. The molecule has 134 valence electrons. The fourth-order valence-corrected chi connectivity index (χ4v) is 3.13. The summed E-state index contributed by atoms with van der Waals surface area (Å²) < 4.78 is 41.7. The topological polar surface area (TPSA) is 24.5 Å².